The first-order chi connectivity index (χ1) is 16.8. The molecule has 0 saturated carbocycles. The number of carbonyl (C=O) groups is 2. The smallest absolute Gasteiger partial charge is 0.493 e. The molecule has 0 radical (unpaired) electrons. The molecule has 35 heavy (non-hydrogen) atoms. The predicted octanol–water partition coefficient (Wildman–Crippen LogP) is 2.58. The highest BCUT2D eigenvalue weighted by atomic mass is 32.2. The van der Waals surface area contributed by atoms with Crippen LogP contribution in [0.15, 0.2) is 83.1 Å². The summed E-state index contributed by atoms with van der Waals surface area (Å²) in [6.07, 6.45) is 3.27. The van der Waals surface area contributed by atoms with Crippen molar-refractivity contribution in [2.24, 2.45) is 5.10 Å². The van der Waals surface area contributed by atoms with Crippen LogP contribution < -0.4 is 19.2 Å². The zero-order chi connectivity index (χ0) is 25.3. The highest BCUT2D eigenvalue weighted by Crippen LogP contribution is 2.28. The van der Waals surface area contributed by atoms with Crippen LogP contribution in [0.4, 0.5) is 10.5 Å². The summed E-state index contributed by atoms with van der Waals surface area (Å²) in [7, 11) is -1.47. The molecule has 2 aromatic carbocycles. The van der Waals surface area contributed by atoms with Gasteiger partial charge in [0.1, 0.15) is 6.54 Å². The van der Waals surface area contributed by atoms with Crippen LogP contribution in [0.25, 0.3) is 0 Å². The van der Waals surface area contributed by atoms with E-state index in [1.807, 2.05) is 0 Å². The van der Waals surface area contributed by atoms with E-state index < -0.39 is 28.6 Å². The summed E-state index contributed by atoms with van der Waals surface area (Å²) in [5.74, 6) is -0.302. The van der Waals surface area contributed by atoms with Gasteiger partial charge in [0.15, 0.2) is 11.5 Å². The predicted molar refractivity (Wildman–Crippen MR) is 127 cm³/mol. The average molecular weight is 499 g/mol. The topological polar surface area (TPSA) is 136 Å². The van der Waals surface area contributed by atoms with Crippen LogP contribution in [0.3, 0.4) is 0 Å². The minimum Gasteiger partial charge on any atom is -0.493 e. The average Bonchev–Trinajstić information content (AvgIpc) is 2.88. The maximum absolute atomic E-state index is 13.2. The lowest BCUT2D eigenvalue weighted by Gasteiger charge is -2.23. The summed E-state index contributed by atoms with van der Waals surface area (Å²) < 4.78 is 41.9. The third-order valence-electron chi connectivity index (χ3n) is 4.50. The van der Waals surface area contributed by atoms with E-state index in [-0.39, 0.29) is 22.1 Å². The van der Waals surface area contributed by atoms with Crippen molar-refractivity contribution < 1.29 is 32.2 Å². The van der Waals surface area contributed by atoms with Crippen molar-refractivity contribution in [3.63, 3.8) is 0 Å². The van der Waals surface area contributed by atoms with E-state index in [4.69, 9.17) is 9.47 Å². The highest BCUT2D eigenvalue weighted by Gasteiger charge is 2.27. The maximum atomic E-state index is 13.2. The lowest BCUT2D eigenvalue weighted by atomic mass is 10.2. The molecule has 1 heterocycles. The lowest BCUT2D eigenvalue weighted by Crippen LogP contribution is -2.39. The largest absolute Gasteiger partial charge is 0.513 e. The second kappa shape index (κ2) is 11.6. The second-order valence-corrected chi connectivity index (χ2v) is 8.66. The van der Waals surface area contributed by atoms with Gasteiger partial charge in [-0.3, -0.25) is 14.1 Å². The van der Waals surface area contributed by atoms with Gasteiger partial charge in [0, 0.05) is 6.20 Å². The number of sulfonamides is 1. The van der Waals surface area contributed by atoms with E-state index in [2.05, 4.69) is 20.2 Å². The zero-order valence-corrected chi connectivity index (χ0v) is 19.6. The Morgan fingerprint density at radius 1 is 1.06 bits per heavy atom. The SMILES string of the molecule is COC(=O)Oc1ccc(/C=N\NC(=O)CN(c2cccnc2)S(=O)(=O)c2ccccc2)cc1OC. The highest BCUT2D eigenvalue weighted by molar-refractivity contribution is 7.92. The van der Waals surface area contributed by atoms with Crippen LogP contribution in [-0.2, 0) is 19.6 Å². The molecule has 0 bridgehead atoms. The van der Waals surface area contributed by atoms with Crippen LogP contribution in [-0.4, -0.2) is 52.4 Å². The number of aromatic nitrogens is 1. The number of ether oxygens (including phenoxy) is 3. The van der Waals surface area contributed by atoms with Gasteiger partial charge in [0.2, 0.25) is 0 Å². The van der Waals surface area contributed by atoms with Crippen molar-refractivity contribution in [1.29, 1.82) is 0 Å². The van der Waals surface area contributed by atoms with Crippen molar-refractivity contribution in [2.75, 3.05) is 25.1 Å². The Labute approximate surface area is 202 Å². The van der Waals surface area contributed by atoms with Crippen molar-refractivity contribution in [2.45, 2.75) is 4.90 Å². The normalized spacial score (nSPS) is 11.0. The Morgan fingerprint density at radius 2 is 1.83 bits per heavy atom. The Kier molecular flexibility index (Phi) is 8.35. The van der Waals surface area contributed by atoms with E-state index in [9.17, 15) is 18.0 Å². The molecule has 3 rings (SSSR count). The summed E-state index contributed by atoms with van der Waals surface area (Å²) in [5, 5.41) is 3.88. The lowest BCUT2D eigenvalue weighted by molar-refractivity contribution is -0.119. The molecule has 1 amide bonds. The number of hydrogen-bond acceptors (Lipinski definition) is 9. The van der Waals surface area contributed by atoms with Crippen LogP contribution in [0, 0.1) is 0 Å². The van der Waals surface area contributed by atoms with Crippen LogP contribution >= 0.6 is 0 Å². The molecule has 0 fully saturated rings. The Bertz CT molecular complexity index is 1300. The number of benzene rings is 2. The van der Waals surface area contributed by atoms with Crippen molar-refractivity contribution in [3.05, 3.63) is 78.6 Å². The number of anilines is 1. The van der Waals surface area contributed by atoms with Crippen LogP contribution in [0.1, 0.15) is 5.56 Å². The molecule has 0 aliphatic rings. The van der Waals surface area contributed by atoms with Crippen LogP contribution in [0.2, 0.25) is 0 Å². The van der Waals surface area contributed by atoms with Crippen molar-refractivity contribution in [1.82, 2.24) is 10.4 Å². The number of hydrazone groups is 1. The number of pyridine rings is 1. The third kappa shape index (κ3) is 6.54. The molecule has 11 nitrogen and oxygen atoms in total. The van der Waals surface area contributed by atoms with Gasteiger partial charge in [-0.15, -0.1) is 0 Å². The molecule has 12 heteroatoms. The fraction of sp³-hybridized carbons (Fsp3) is 0.130. The molecule has 1 aromatic heterocycles. The maximum Gasteiger partial charge on any atom is 0.513 e. The minimum absolute atomic E-state index is 0.0292. The van der Waals surface area contributed by atoms with Gasteiger partial charge in [-0.1, -0.05) is 18.2 Å². The molecule has 0 aliphatic heterocycles. The third-order valence-corrected chi connectivity index (χ3v) is 6.29. The standard InChI is InChI=1S/C23H22N4O7S/c1-32-21-13-17(10-11-20(21)34-23(29)33-2)14-25-26-22(28)16-27(18-7-6-12-24-15-18)35(30,31)19-8-4-3-5-9-19/h3-15H,16H2,1-2H3,(H,26,28)/b25-14-. The van der Waals surface area contributed by atoms with Gasteiger partial charge in [-0.25, -0.2) is 18.6 Å². The van der Waals surface area contributed by atoms with E-state index in [1.165, 1.54) is 63.2 Å². The van der Waals surface area contributed by atoms with E-state index in [0.29, 0.717) is 5.56 Å². The fourth-order valence-electron chi connectivity index (χ4n) is 2.86. The number of amides is 1. The number of methoxy groups -OCH3 is 2. The van der Waals surface area contributed by atoms with Crippen molar-refractivity contribution >= 4 is 34.0 Å². The van der Waals surface area contributed by atoms with E-state index in [0.717, 1.165) is 4.31 Å². The first kappa shape index (κ1) is 25.2. The minimum atomic E-state index is -4.04. The molecule has 0 atom stereocenters. The molecule has 0 saturated heterocycles. The molecular formula is C23H22N4O7S. The summed E-state index contributed by atoms with van der Waals surface area (Å²) in [4.78, 5) is 27.9. The Hall–Kier alpha value is -4.45. The second-order valence-electron chi connectivity index (χ2n) is 6.80. The summed E-state index contributed by atoms with van der Waals surface area (Å²) in [6, 6.07) is 15.4. The summed E-state index contributed by atoms with van der Waals surface area (Å²) in [5.41, 5.74) is 3.04. The van der Waals surface area contributed by atoms with Gasteiger partial charge in [0.05, 0.1) is 37.2 Å². The molecular weight excluding hydrogens is 476 g/mol. The monoisotopic (exact) mass is 498 g/mol. The molecule has 3 aromatic rings. The number of rotatable bonds is 9. The van der Waals surface area contributed by atoms with Gasteiger partial charge in [-0.05, 0) is 48.0 Å². The molecule has 0 aliphatic carbocycles. The number of nitrogens with zero attached hydrogens (tertiary/aromatic N) is 3. The first-order valence-corrected chi connectivity index (χ1v) is 11.5. The molecule has 0 unspecified atom stereocenters. The molecule has 1 N–H and O–H groups in total. The van der Waals surface area contributed by atoms with E-state index >= 15 is 0 Å². The molecule has 0 spiro atoms. The van der Waals surface area contributed by atoms with Crippen LogP contribution in [0.5, 0.6) is 11.5 Å². The van der Waals surface area contributed by atoms with E-state index in [1.54, 1.807) is 30.3 Å². The number of carbonyl (C=O) groups excluding carboxylic acids is 2. The summed E-state index contributed by atoms with van der Waals surface area (Å²) >= 11 is 0. The summed E-state index contributed by atoms with van der Waals surface area (Å²) in [6.45, 7) is -0.532. The van der Waals surface area contributed by atoms with Gasteiger partial charge >= 0.3 is 6.16 Å². The Morgan fingerprint density at radius 3 is 2.49 bits per heavy atom. The number of hydrogen-bond donors (Lipinski definition) is 1. The number of nitrogens with one attached hydrogen (secondary N) is 1. The zero-order valence-electron chi connectivity index (χ0n) is 18.8. The van der Waals surface area contributed by atoms with Crippen molar-refractivity contribution in [3.8, 4) is 11.5 Å². The Balaban J connectivity index is 1.74. The van der Waals surface area contributed by atoms with Gasteiger partial charge in [0.25, 0.3) is 15.9 Å². The van der Waals surface area contributed by atoms with Gasteiger partial charge in [-0.2, -0.15) is 5.10 Å². The quantitative estimate of drug-likeness (QED) is 0.206. The van der Waals surface area contributed by atoms with Gasteiger partial charge < -0.3 is 14.2 Å². The first-order valence-electron chi connectivity index (χ1n) is 10.1. The molecule has 182 valence electrons. The fourth-order valence-corrected chi connectivity index (χ4v) is 4.29.